The number of benzene rings is 2. The fraction of sp³-hybridized carbons (Fsp3) is 0.276. The third kappa shape index (κ3) is 4.74. The first-order valence-corrected chi connectivity index (χ1v) is 13.8. The Balaban J connectivity index is 1.63. The highest BCUT2D eigenvalue weighted by molar-refractivity contribution is 7.17. The molecule has 2 heterocycles. The van der Waals surface area contributed by atoms with Crippen LogP contribution in [0, 0.1) is 12.8 Å². The van der Waals surface area contributed by atoms with Gasteiger partial charge in [-0.2, -0.15) is 0 Å². The molecule has 0 bridgehead atoms. The summed E-state index contributed by atoms with van der Waals surface area (Å²) in [6.07, 6.45) is 3.83. The average molecular weight is 554 g/mol. The lowest BCUT2D eigenvalue weighted by atomic mass is 9.85. The highest BCUT2D eigenvalue weighted by Gasteiger charge is 2.30. The van der Waals surface area contributed by atoms with Gasteiger partial charge < -0.3 is 10.1 Å². The van der Waals surface area contributed by atoms with Crippen molar-refractivity contribution in [1.82, 2.24) is 4.98 Å². The molecule has 1 unspecified atom stereocenters. The van der Waals surface area contributed by atoms with E-state index < -0.39 is 5.97 Å². The van der Waals surface area contributed by atoms with Crippen molar-refractivity contribution in [3.05, 3.63) is 79.6 Å². The number of carbonyl (C=O) groups excluding carboxylic acids is 2. The van der Waals surface area contributed by atoms with E-state index in [1.54, 1.807) is 12.1 Å². The van der Waals surface area contributed by atoms with Crippen molar-refractivity contribution in [3.8, 4) is 11.3 Å². The van der Waals surface area contributed by atoms with Crippen LogP contribution in [-0.4, -0.2) is 24.0 Å². The molecule has 1 aliphatic rings. The van der Waals surface area contributed by atoms with Gasteiger partial charge in [-0.15, -0.1) is 11.3 Å². The summed E-state index contributed by atoms with van der Waals surface area (Å²) in [5, 5.41) is 5.29. The second kappa shape index (κ2) is 10.4. The van der Waals surface area contributed by atoms with Crippen molar-refractivity contribution in [1.29, 1.82) is 0 Å². The van der Waals surface area contributed by atoms with Gasteiger partial charge in [0.2, 0.25) is 0 Å². The van der Waals surface area contributed by atoms with E-state index in [9.17, 15) is 9.59 Å². The minimum Gasteiger partial charge on any atom is -0.465 e. The molecular weight excluding hydrogens is 527 g/mol. The Kier molecular flexibility index (Phi) is 7.26. The topological polar surface area (TPSA) is 68.3 Å². The molecule has 0 saturated carbocycles. The summed E-state index contributed by atoms with van der Waals surface area (Å²) in [5.74, 6) is -0.149. The Labute approximate surface area is 229 Å². The van der Waals surface area contributed by atoms with Gasteiger partial charge in [0.1, 0.15) is 5.00 Å². The standard InChI is InChI=1S/C29H26Cl2N2O3S/c1-4-16-9-11-20-23(13-16)37-28(25(20)29(35)36-3)33-27(34)24-15(2)26(18-12-10-17(30)14-21(18)31)32-22-8-6-5-7-19(22)24/h5-8,10,12,14,16H,4,9,11,13H2,1-3H3,(H,33,34). The van der Waals surface area contributed by atoms with Crippen molar-refractivity contribution >= 4 is 62.3 Å². The van der Waals surface area contributed by atoms with Crippen molar-refractivity contribution < 1.29 is 14.3 Å². The SMILES string of the molecule is CCC1CCc2c(sc(NC(=O)c3c(C)c(-c4ccc(Cl)cc4Cl)nc4ccccc34)c2C(=O)OC)C1. The molecule has 0 fully saturated rings. The van der Waals surface area contributed by atoms with E-state index in [2.05, 4.69) is 12.2 Å². The lowest BCUT2D eigenvalue weighted by Gasteiger charge is -2.20. The summed E-state index contributed by atoms with van der Waals surface area (Å²) in [7, 11) is 1.37. The maximum atomic E-state index is 13.9. The fourth-order valence-electron chi connectivity index (χ4n) is 5.12. The molecule has 4 aromatic rings. The summed E-state index contributed by atoms with van der Waals surface area (Å²) in [4.78, 5) is 32.7. The smallest absolute Gasteiger partial charge is 0.341 e. The number of halogens is 2. The molecule has 37 heavy (non-hydrogen) atoms. The number of pyridine rings is 1. The third-order valence-corrected chi connectivity index (χ3v) is 8.83. The fourth-order valence-corrected chi connectivity index (χ4v) is 6.96. The zero-order valence-corrected chi connectivity index (χ0v) is 23.1. The molecule has 0 radical (unpaired) electrons. The Morgan fingerprint density at radius 3 is 2.68 bits per heavy atom. The van der Waals surface area contributed by atoms with Crippen LogP contribution in [0.3, 0.4) is 0 Å². The molecule has 5 nitrogen and oxygen atoms in total. The molecule has 1 atom stereocenters. The number of fused-ring (bicyclic) bond motifs is 2. The maximum absolute atomic E-state index is 13.9. The van der Waals surface area contributed by atoms with Gasteiger partial charge in [0.25, 0.3) is 5.91 Å². The van der Waals surface area contributed by atoms with Crippen LogP contribution in [0.1, 0.15) is 56.5 Å². The number of carbonyl (C=O) groups is 2. The number of amides is 1. The number of nitrogens with one attached hydrogen (secondary N) is 1. The molecule has 1 aliphatic carbocycles. The molecule has 1 amide bonds. The minimum absolute atomic E-state index is 0.307. The highest BCUT2D eigenvalue weighted by atomic mass is 35.5. The summed E-state index contributed by atoms with van der Waals surface area (Å²) in [5.41, 5.74) is 4.62. The summed E-state index contributed by atoms with van der Waals surface area (Å²) in [6, 6.07) is 12.7. The van der Waals surface area contributed by atoms with Crippen LogP contribution in [0.25, 0.3) is 22.2 Å². The molecule has 2 aromatic carbocycles. The first kappa shape index (κ1) is 25.7. The van der Waals surface area contributed by atoms with Gasteiger partial charge in [-0.3, -0.25) is 4.79 Å². The molecule has 0 aliphatic heterocycles. The Bertz CT molecular complexity index is 1550. The molecule has 8 heteroatoms. The van der Waals surface area contributed by atoms with Crippen molar-refractivity contribution in [2.45, 2.75) is 39.5 Å². The quantitative estimate of drug-likeness (QED) is 0.254. The highest BCUT2D eigenvalue weighted by Crippen LogP contribution is 2.42. The number of anilines is 1. The zero-order valence-electron chi connectivity index (χ0n) is 20.8. The van der Waals surface area contributed by atoms with Gasteiger partial charge >= 0.3 is 5.97 Å². The largest absolute Gasteiger partial charge is 0.465 e. The lowest BCUT2D eigenvalue weighted by molar-refractivity contribution is 0.0601. The summed E-state index contributed by atoms with van der Waals surface area (Å²) < 4.78 is 5.12. The second-order valence-corrected chi connectivity index (χ2v) is 11.2. The Morgan fingerprint density at radius 1 is 1.16 bits per heavy atom. The molecule has 1 N–H and O–H groups in total. The predicted molar refractivity (Wildman–Crippen MR) is 151 cm³/mol. The Morgan fingerprint density at radius 2 is 1.95 bits per heavy atom. The monoisotopic (exact) mass is 552 g/mol. The van der Waals surface area contributed by atoms with Crippen LogP contribution in [-0.2, 0) is 17.6 Å². The maximum Gasteiger partial charge on any atom is 0.341 e. The normalized spacial score (nSPS) is 14.9. The van der Waals surface area contributed by atoms with E-state index in [0.717, 1.165) is 41.5 Å². The second-order valence-electron chi connectivity index (χ2n) is 9.27. The van der Waals surface area contributed by atoms with Crippen LogP contribution >= 0.6 is 34.5 Å². The minimum atomic E-state index is -0.423. The number of para-hydroxylation sites is 1. The number of rotatable bonds is 5. The molecule has 0 spiro atoms. The molecule has 2 aromatic heterocycles. The van der Waals surface area contributed by atoms with E-state index >= 15 is 0 Å². The van der Waals surface area contributed by atoms with Gasteiger partial charge in [0.05, 0.1) is 34.5 Å². The van der Waals surface area contributed by atoms with Crippen LogP contribution in [0.4, 0.5) is 5.00 Å². The number of hydrogen-bond donors (Lipinski definition) is 1. The first-order valence-electron chi connectivity index (χ1n) is 12.2. The van der Waals surface area contributed by atoms with Gasteiger partial charge in [-0.25, -0.2) is 9.78 Å². The number of thiophene rings is 1. The molecule has 5 rings (SSSR count). The van der Waals surface area contributed by atoms with Crippen molar-refractivity contribution in [2.75, 3.05) is 12.4 Å². The summed E-state index contributed by atoms with van der Waals surface area (Å²) in [6.45, 7) is 4.05. The molecule has 0 saturated heterocycles. The molecular formula is C29H26Cl2N2O3S. The first-order chi connectivity index (χ1) is 17.8. The van der Waals surface area contributed by atoms with Crippen LogP contribution in [0.2, 0.25) is 10.0 Å². The number of methoxy groups -OCH3 is 1. The number of aromatic nitrogens is 1. The molecule has 190 valence electrons. The van der Waals surface area contributed by atoms with Gasteiger partial charge in [0.15, 0.2) is 0 Å². The average Bonchev–Trinajstić information content (AvgIpc) is 3.24. The van der Waals surface area contributed by atoms with E-state index in [4.69, 9.17) is 32.9 Å². The van der Waals surface area contributed by atoms with Gasteiger partial charge in [-0.1, -0.05) is 54.7 Å². The van der Waals surface area contributed by atoms with Crippen LogP contribution < -0.4 is 5.32 Å². The lowest BCUT2D eigenvalue weighted by Crippen LogP contribution is -2.18. The zero-order chi connectivity index (χ0) is 26.3. The van der Waals surface area contributed by atoms with Gasteiger partial charge in [-0.05, 0) is 67.5 Å². The van der Waals surface area contributed by atoms with E-state index in [1.165, 1.54) is 18.4 Å². The number of esters is 1. The van der Waals surface area contributed by atoms with E-state index in [0.29, 0.717) is 54.4 Å². The van der Waals surface area contributed by atoms with Crippen molar-refractivity contribution in [2.24, 2.45) is 5.92 Å². The number of nitrogens with zero attached hydrogens (tertiary/aromatic N) is 1. The number of hydrogen-bond acceptors (Lipinski definition) is 5. The van der Waals surface area contributed by atoms with Crippen LogP contribution in [0.5, 0.6) is 0 Å². The van der Waals surface area contributed by atoms with Crippen LogP contribution in [0.15, 0.2) is 42.5 Å². The Hall–Kier alpha value is -2.93. The number of ether oxygens (including phenoxy) is 1. The third-order valence-electron chi connectivity index (χ3n) is 7.11. The van der Waals surface area contributed by atoms with Crippen molar-refractivity contribution in [3.63, 3.8) is 0 Å². The van der Waals surface area contributed by atoms with Gasteiger partial charge in [0, 0.05) is 20.8 Å². The van der Waals surface area contributed by atoms with E-state index in [1.807, 2.05) is 37.3 Å². The summed E-state index contributed by atoms with van der Waals surface area (Å²) >= 11 is 14.1. The predicted octanol–water partition coefficient (Wildman–Crippen LogP) is 8.13. The van der Waals surface area contributed by atoms with E-state index in [-0.39, 0.29) is 5.91 Å².